The lowest BCUT2D eigenvalue weighted by Crippen LogP contribution is -2.24. The van der Waals surface area contributed by atoms with E-state index in [1.54, 1.807) is 30.5 Å². The lowest BCUT2D eigenvalue weighted by atomic mass is 10.1. The van der Waals surface area contributed by atoms with Gasteiger partial charge < -0.3 is 14.2 Å². The van der Waals surface area contributed by atoms with E-state index in [2.05, 4.69) is 25.3 Å². The number of nitrogens with one attached hydrogen (secondary N) is 1. The molecule has 4 heterocycles. The highest BCUT2D eigenvalue weighted by atomic mass is 16.6. The molecule has 5 rings (SSSR count). The Morgan fingerprint density at radius 1 is 1.00 bits per heavy atom. The van der Waals surface area contributed by atoms with Crippen molar-refractivity contribution in [1.29, 1.82) is 0 Å². The van der Waals surface area contributed by atoms with Crippen molar-refractivity contribution >= 4 is 29.5 Å². The summed E-state index contributed by atoms with van der Waals surface area (Å²) in [7, 11) is 0. The van der Waals surface area contributed by atoms with Crippen molar-refractivity contribution in [2.75, 3.05) is 41.4 Å². The number of non-ortho nitro benzene ring substituents is 1. The molecule has 2 aromatic heterocycles. The summed E-state index contributed by atoms with van der Waals surface area (Å²) in [6, 6.07) is 11.8. The van der Waals surface area contributed by atoms with Crippen molar-refractivity contribution in [3.05, 3.63) is 58.3 Å². The molecule has 0 saturated carbocycles. The molecule has 33 heavy (non-hydrogen) atoms. The van der Waals surface area contributed by atoms with Crippen LogP contribution in [-0.4, -0.2) is 47.3 Å². The van der Waals surface area contributed by atoms with Gasteiger partial charge >= 0.3 is 0 Å². The summed E-state index contributed by atoms with van der Waals surface area (Å²) in [5.41, 5.74) is 3.67. The van der Waals surface area contributed by atoms with Gasteiger partial charge in [-0.3, -0.25) is 15.5 Å². The van der Waals surface area contributed by atoms with E-state index in [9.17, 15) is 10.1 Å². The molecule has 2 aliphatic rings. The summed E-state index contributed by atoms with van der Waals surface area (Å²) in [5.74, 6) is 3.36. The Morgan fingerprint density at radius 2 is 1.76 bits per heavy atom. The third-order valence-electron chi connectivity index (χ3n) is 5.86. The molecule has 2 saturated heterocycles. The Kier molecular flexibility index (Phi) is 5.88. The minimum Gasteiger partial charge on any atom is -0.455 e. The van der Waals surface area contributed by atoms with Gasteiger partial charge in [-0.15, -0.1) is 0 Å². The van der Waals surface area contributed by atoms with E-state index in [1.165, 1.54) is 25.0 Å². The van der Waals surface area contributed by atoms with Crippen molar-refractivity contribution in [3.63, 3.8) is 0 Å². The number of hydrazone groups is 1. The summed E-state index contributed by atoms with van der Waals surface area (Å²) in [6.45, 7) is 3.95. The Bertz CT molecular complexity index is 1130. The fourth-order valence-electron chi connectivity index (χ4n) is 4.16. The number of hydrogen-bond donors (Lipinski definition) is 1. The molecule has 0 unspecified atom stereocenters. The van der Waals surface area contributed by atoms with Gasteiger partial charge in [0.05, 0.1) is 11.1 Å². The third-order valence-corrected chi connectivity index (χ3v) is 5.86. The van der Waals surface area contributed by atoms with Crippen molar-refractivity contribution in [2.45, 2.75) is 25.7 Å². The molecule has 3 aromatic rings. The minimum atomic E-state index is -0.423. The summed E-state index contributed by atoms with van der Waals surface area (Å²) in [4.78, 5) is 24.6. The lowest BCUT2D eigenvalue weighted by Gasteiger charge is -2.21. The van der Waals surface area contributed by atoms with Crippen LogP contribution in [-0.2, 0) is 0 Å². The van der Waals surface area contributed by atoms with Gasteiger partial charge in [0.2, 0.25) is 5.95 Å². The number of anilines is 3. The topological polar surface area (TPSA) is 113 Å². The van der Waals surface area contributed by atoms with Crippen LogP contribution in [0.25, 0.3) is 11.3 Å². The second kappa shape index (κ2) is 9.27. The van der Waals surface area contributed by atoms with Gasteiger partial charge in [0.15, 0.2) is 5.82 Å². The largest absolute Gasteiger partial charge is 0.455 e. The number of furan rings is 1. The summed E-state index contributed by atoms with van der Waals surface area (Å²) < 4.78 is 5.79. The number of aromatic nitrogens is 2. The maximum absolute atomic E-state index is 11.0. The second-order valence-corrected chi connectivity index (χ2v) is 8.18. The maximum atomic E-state index is 11.0. The van der Waals surface area contributed by atoms with Crippen LogP contribution in [0.5, 0.6) is 0 Å². The highest BCUT2D eigenvalue weighted by Gasteiger charge is 2.20. The van der Waals surface area contributed by atoms with E-state index in [0.29, 0.717) is 22.9 Å². The molecular formula is C23H25N7O3. The van der Waals surface area contributed by atoms with Crippen LogP contribution >= 0.6 is 0 Å². The highest BCUT2D eigenvalue weighted by Crippen LogP contribution is 2.27. The van der Waals surface area contributed by atoms with E-state index in [0.717, 1.165) is 50.8 Å². The van der Waals surface area contributed by atoms with E-state index in [4.69, 9.17) is 9.40 Å². The van der Waals surface area contributed by atoms with Gasteiger partial charge in [-0.05, 0) is 37.8 Å². The Hall–Kier alpha value is -3.95. The molecule has 0 radical (unpaired) electrons. The molecule has 2 fully saturated rings. The van der Waals surface area contributed by atoms with Crippen LogP contribution in [0.1, 0.15) is 31.4 Å². The molecule has 0 atom stereocenters. The number of nitro groups is 1. The molecule has 170 valence electrons. The van der Waals surface area contributed by atoms with Crippen LogP contribution in [0.4, 0.5) is 23.3 Å². The monoisotopic (exact) mass is 447 g/mol. The number of benzene rings is 1. The first-order chi connectivity index (χ1) is 16.2. The average Bonchev–Trinajstić information content (AvgIpc) is 3.62. The Labute approximate surface area is 191 Å². The van der Waals surface area contributed by atoms with Gasteiger partial charge in [-0.25, -0.2) is 0 Å². The maximum Gasteiger partial charge on any atom is 0.270 e. The van der Waals surface area contributed by atoms with Crippen molar-refractivity contribution < 1.29 is 9.34 Å². The van der Waals surface area contributed by atoms with Crippen LogP contribution in [0, 0.1) is 10.1 Å². The molecule has 10 heteroatoms. The van der Waals surface area contributed by atoms with Crippen LogP contribution in [0.15, 0.2) is 52.0 Å². The zero-order valence-corrected chi connectivity index (χ0v) is 18.2. The van der Waals surface area contributed by atoms with E-state index in [-0.39, 0.29) is 5.69 Å². The van der Waals surface area contributed by atoms with Gasteiger partial charge in [-0.1, -0.05) is 12.1 Å². The molecule has 1 N–H and O–H groups in total. The van der Waals surface area contributed by atoms with E-state index in [1.807, 2.05) is 6.07 Å². The molecule has 0 spiro atoms. The molecule has 1 aromatic carbocycles. The second-order valence-electron chi connectivity index (χ2n) is 8.18. The SMILES string of the molecule is O=[N+]([O-])c1cccc(-c2ccc(/C=N\Nc3cc(N4CCCC4)nc(N4CCCC4)n3)o2)c1. The van der Waals surface area contributed by atoms with Crippen molar-refractivity contribution in [3.8, 4) is 11.3 Å². The van der Waals surface area contributed by atoms with Gasteiger partial charge in [-0.2, -0.15) is 15.1 Å². The molecule has 10 nitrogen and oxygen atoms in total. The van der Waals surface area contributed by atoms with Crippen LogP contribution in [0.3, 0.4) is 0 Å². The van der Waals surface area contributed by atoms with Crippen LogP contribution in [0.2, 0.25) is 0 Å². The smallest absolute Gasteiger partial charge is 0.270 e. The molecular weight excluding hydrogens is 422 g/mol. The number of rotatable bonds is 7. The lowest BCUT2D eigenvalue weighted by molar-refractivity contribution is -0.384. The predicted molar refractivity (Wildman–Crippen MR) is 127 cm³/mol. The fourth-order valence-corrected chi connectivity index (χ4v) is 4.16. The quantitative estimate of drug-likeness (QED) is 0.324. The summed E-state index contributed by atoms with van der Waals surface area (Å²) in [5, 5.41) is 15.3. The van der Waals surface area contributed by atoms with Gasteiger partial charge in [0.25, 0.3) is 5.69 Å². The first-order valence-corrected chi connectivity index (χ1v) is 11.2. The summed E-state index contributed by atoms with van der Waals surface area (Å²) in [6.07, 6.45) is 6.23. The number of nitrogens with zero attached hydrogens (tertiary/aromatic N) is 6. The average molecular weight is 447 g/mol. The highest BCUT2D eigenvalue weighted by molar-refractivity contribution is 5.78. The zero-order valence-electron chi connectivity index (χ0n) is 18.2. The Morgan fingerprint density at radius 3 is 2.52 bits per heavy atom. The first-order valence-electron chi connectivity index (χ1n) is 11.2. The van der Waals surface area contributed by atoms with Gasteiger partial charge in [0, 0.05) is 49.9 Å². The third kappa shape index (κ3) is 4.79. The van der Waals surface area contributed by atoms with E-state index >= 15 is 0 Å². The van der Waals surface area contributed by atoms with Crippen LogP contribution < -0.4 is 15.2 Å². The molecule has 0 aliphatic carbocycles. The molecule has 0 bridgehead atoms. The number of nitro benzene ring substituents is 1. The first kappa shape index (κ1) is 20.9. The molecule has 2 aliphatic heterocycles. The Balaban J connectivity index is 1.32. The predicted octanol–water partition coefficient (Wildman–Crippen LogP) is 4.29. The number of hydrogen-bond acceptors (Lipinski definition) is 9. The van der Waals surface area contributed by atoms with Crippen molar-refractivity contribution in [2.24, 2.45) is 5.10 Å². The van der Waals surface area contributed by atoms with E-state index < -0.39 is 4.92 Å². The zero-order chi connectivity index (χ0) is 22.6. The fraction of sp³-hybridized carbons (Fsp3) is 0.348. The normalized spacial score (nSPS) is 16.1. The van der Waals surface area contributed by atoms with Gasteiger partial charge in [0.1, 0.15) is 17.3 Å². The standard InChI is InChI=1S/C23H25N7O3/c31-30(32)18-7-5-6-17(14-18)20-9-8-19(33-20)16-24-27-21-15-22(28-10-1-2-11-28)26-23(25-21)29-12-3-4-13-29/h5-9,14-16H,1-4,10-13H2,(H,25,26,27)/b24-16-. The minimum absolute atomic E-state index is 0.0205. The van der Waals surface area contributed by atoms with Crippen molar-refractivity contribution in [1.82, 2.24) is 9.97 Å². The summed E-state index contributed by atoms with van der Waals surface area (Å²) >= 11 is 0. The molecule has 0 amide bonds.